The van der Waals surface area contributed by atoms with E-state index in [0.29, 0.717) is 0 Å². The van der Waals surface area contributed by atoms with E-state index in [2.05, 4.69) is 10.5 Å². The van der Waals surface area contributed by atoms with Crippen molar-refractivity contribution >= 4 is 11.6 Å². The number of nitrogens with zero attached hydrogens (tertiary/aromatic N) is 1. The van der Waals surface area contributed by atoms with Crippen LogP contribution in [0.1, 0.15) is 38.5 Å². The molecule has 0 saturated heterocycles. The fourth-order valence-corrected chi connectivity index (χ4v) is 1.97. The molecular formula is C9H14N2O. The molecule has 0 spiro atoms. The highest BCUT2D eigenvalue weighted by molar-refractivity contribution is 6.07. The van der Waals surface area contributed by atoms with Crippen LogP contribution in [0.5, 0.6) is 0 Å². The van der Waals surface area contributed by atoms with Gasteiger partial charge in [-0.15, -0.1) is 0 Å². The molecule has 1 aliphatic carbocycles. The lowest BCUT2D eigenvalue weighted by molar-refractivity contribution is -0.122. The van der Waals surface area contributed by atoms with Gasteiger partial charge in [-0.2, -0.15) is 5.10 Å². The number of rotatable bonds is 0. The van der Waals surface area contributed by atoms with Crippen LogP contribution in [0.4, 0.5) is 0 Å². The van der Waals surface area contributed by atoms with E-state index in [9.17, 15) is 4.79 Å². The zero-order chi connectivity index (χ0) is 8.39. The molecule has 1 heterocycles. The molecule has 0 bridgehead atoms. The zero-order valence-electron chi connectivity index (χ0n) is 7.18. The number of hydrazone groups is 1. The second-order valence-corrected chi connectivity index (χ2v) is 3.58. The summed E-state index contributed by atoms with van der Waals surface area (Å²) in [5.41, 5.74) is 3.66. The third kappa shape index (κ3) is 1.36. The molecule has 0 aromatic heterocycles. The van der Waals surface area contributed by atoms with Gasteiger partial charge in [0, 0.05) is 0 Å². The van der Waals surface area contributed by atoms with E-state index in [-0.39, 0.29) is 11.8 Å². The molecule has 3 nitrogen and oxygen atoms in total. The summed E-state index contributed by atoms with van der Waals surface area (Å²) in [6.45, 7) is 0. The Bertz CT molecular complexity index is 223. The number of hydrogen-bond donors (Lipinski definition) is 1. The maximum absolute atomic E-state index is 11.2. The molecule has 1 aliphatic heterocycles. The van der Waals surface area contributed by atoms with E-state index in [4.69, 9.17) is 0 Å². The number of hydrogen-bond acceptors (Lipinski definition) is 2. The van der Waals surface area contributed by atoms with Gasteiger partial charge < -0.3 is 0 Å². The summed E-state index contributed by atoms with van der Waals surface area (Å²) < 4.78 is 0. The van der Waals surface area contributed by atoms with Crippen LogP contribution in [0.15, 0.2) is 5.10 Å². The largest absolute Gasteiger partial charge is 0.272 e. The summed E-state index contributed by atoms with van der Waals surface area (Å²) >= 11 is 0. The summed E-state index contributed by atoms with van der Waals surface area (Å²) in [6.07, 6.45) is 6.96. The fourth-order valence-electron chi connectivity index (χ4n) is 1.97. The van der Waals surface area contributed by atoms with Crippen molar-refractivity contribution in [3.05, 3.63) is 0 Å². The first kappa shape index (κ1) is 7.77. The lowest BCUT2D eigenvalue weighted by Crippen LogP contribution is -2.23. The van der Waals surface area contributed by atoms with E-state index >= 15 is 0 Å². The minimum Gasteiger partial charge on any atom is -0.272 e. The molecule has 12 heavy (non-hydrogen) atoms. The van der Waals surface area contributed by atoms with Gasteiger partial charge in [0.1, 0.15) is 0 Å². The van der Waals surface area contributed by atoms with Crippen LogP contribution in [-0.2, 0) is 4.79 Å². The van der Waals surface area contributed by atoms with Crippen LogP contribution in [0.3, 0.4) is 0 Å². The average molecular weight is 166 g/mol. The van der Waals surface area contributed by atoms with E-state index in [1.165, 1.54) is 25.7 Å². The molecule has 1 atom stereocenters. The first-order valence-corrected chi connectivity index (χ1v) is 4.74. The summed E-state index contributed by atoms with van der Waals surface area (Å²) in [6, 6.07) is 0. The van der Waals surface area contributed by atoms with Crippen molar-refractivity contribution in [2.45, 2.75) is 38.5 Å². The zero-order valence-corrected chi connectivity index (χ0v) is 7.18. The number of carbonyl (C=O) groups excluding carboxylic acids is 1. The number of nitrogens with one attached hydrogen (secondary N) is 1. The van der Waals surface area contributed by atoms with E-state index in [1.807, 2.05) is 0 Å². The second kappa shape index (κ2) is 3.25. The average Bonchev–Trinajstić information content (AvgIpc) is 2.31. The molecule has 2 rings (SSSR count). The highest BCUT2D eigenvalue weighted by Crippen LogP contribution is 2.23. The number of amides is 1. The normalized spacial score (nSPS) is 29.8. The number of fused-ring (bicyclic) bond motifs is 1. The van der Waals surface area contributed by atoms with Crippen molar-refractivity contribution in [2.24, 2.45) is 11.0 Å². The van der Waals surface area contributed by atoms with Crippen molar-refractivity contribution < 1.29 is 4.79 Å². The predicted molar refractivity (Wildman–Crippen MR) is 46.8 cm³/mol. The molecule has 1 amide bonds. The summed E-state index contributed by atoms with van der Waals surface area (Å²) in [7, 11) is 0. The molecule has 1 N–H and O–H groups in total. The molecular weight excluding hydrogens is 152 g/mol. The summed E-state index contributed by atoms with van der Waals surface area (Å²) in [5.74, 6) is 0.234. The van der Waals surface area contributed by atoms with Gasteiger partial charge in [-0.25, -0.2) is 5.43 Å². The van der Waals surface area contributed by atoms with Crippen LogP contribution >= 0.6 is 0 Å². The lowest BCUT2D eigenvalue weighted by atomic mass is 9.90. The van der Waals surface area contributed by atoms with Gasteiger partial charge in [-0.3, -0.25) is 4.79 Å². The van der Waals surface area contributed by atoms with Gasteiger partial charge >= 0.3 is 0 Å². The quantitative estimate of drug-likeness (QED) is 0.581. The van der Waals surface area contributed by atoms with Gasteiger partial charge in [-0.1, -0.05) is 19.3 Å². The van der Waals surface area contributed by atoms with Crippen LogP contribution < -0.4 is 5.43 Å². The molecule has 2 aliphatic rings. The van der Waals surface area contributed by atoms with Gasteiger partial charge in [0.05, 0.1) is 11.6 Å². The van der Waals surface area contributed by atoms with E-state index < -0.39 is 0 Å². The molecule has 0 unspecified atom stereocenters. The van der Waals surface area contributed by atoms with Crippen molar-refractivity contribution in [3.63, 3.8) is 0 Å². The summed E-state index contributed by atoms with van der Waals surface area (Å²) in [4.78, 5) is 11.2. The maximum Gasteiger partial charge on any atom is 0.248 e. The third-order valence-electron chi connectivity index (χ3n) is 2.70. The highest BCUT2D eigenvalue weighted by Gasteiger charge is 2.29. The molecule has 3 heteroatoms. The Labute approximate surface area is 72.2 Å². The summed E-state index contributed by atoms with van der Waals surface area (Å²) in [5, 5.41) is 4.06. The van der Waals surface area contributed by atoms with Crippen molar-refractivity contribution in [3.8, 4) is 0 Å². The Kier molecular flexibility index (Phi) is 2.11. The maximum atomic E-state index is 11.2. The van der Waals surface area contributed by atoms with Gasteiger partial charge in [0.15, 0.2) is 0 Å². The smallest absolute Gasteiger partial charge is 0.248 e. The third-order valence-corrected chi connectivity index (χ3v) is 2.70. The van der Waals surface area contributed by atoms with Crippen molar-refractivity contribution in [2.75, 3.05) is 0 Å². The van der Waals surface area contributed by atoms with Gasteiger partial charge in [-0.05, 0) is 19.3 Å². The van der Waals surface area contributed by atoms with Crippen molar-refractivity contribution in [1.29, 1.82) is 0 Å². The van der Waals surface area contributed by atoms with E-state index in [1.54, 1.807) is 0 Å². The van der Waals surface area contributed by atoms with Crippen molar-refractivity contribution in [1.82, 2.24) is 5.43 Å². The minimum atomic E-state index is 0.116. The van der Waals surface area contributed by atoms with Crippen LogP contribution in [0, 0.1) is 5.92 Å². The Balaban J connectivity index is 2.07. The van der Waals surface area contributed by atoms with Crippen LogP contribution in [0.25, 0.3) is 0 Å². The molecule has 0 radical (unpaired) electrons. The fraction of sp³-hybridized carbons (Fsp3) is 0.778. The molecule has 0 aromatic carbocycles. The Hall–Kier alpha value is -0.860. The molecule has 1 saturated carbocycles. The Morgan fingerprint density at radius 2 is 2.08 bits per heavy atom. The van der Waals surface area contributed by atoms with Crippen LogP contribution in [0.2, 0.25) is 0 Å². The van der Waals surface area contributed by atoms with Crippen LogP contribution in [-0.4, -0.2) is 11.6 Å². The monoisotopic (exact) mass is 166 g/mol. The second-order valence-electron chi connectivity index (χ2n) is 3.58. The predicted octanol–water partition coefficient (Wildman–Crippen LogP) is 1.44. The Morgan fingerprint density at radius 1 is 1.25 bits per heavy atom. The lowest BCUT2D eigenvalue weighted by Gasteiger charge is -2.13. The number of carbonyl (C=O) groups is 1. The SMILES string of the molecule is O=C1NN=C2CCCCCC[C@H]12. The highest BCUT2D eigenvalue weighted by atomic mass is 16.2. The molecule has 0 aromatic rings. The molecule has 66 valence electrons. The van der Waals surface area contributed by atoms with E-state index in [0.717, 1.165) is 18.6 Å². The first-order chi connectivity index (χ1) is 5.88. The topological polar surface area (TPSA) is 41.5 Å². The Morgan fingerprint density at radius 3 is 3.00 bits per heavy atom. The molecule has 1 fully saturated rings. The van der Waals surface area contributed by atoms with Gasteiger partial charge in [0.25, 0.3) is 0 Å². The minimum absolute atomic E-state index is 0.116. The first-order valence-electron chi connectivity index (χ1n) is 4.74. The van der Waals surface area contributed by atoms with Gasteiger partial charge in [0.2, 0.25) is 5.91 Å². The standard InChI is InChI=1S/C9H14N2O/c12-9-7-5-3-1-2-4-6-8(7)10-11-9/h7H,1-6H2,(H,11,12)/t7-/m0/s1.